The van der Waals surface area contributed by atoms with Crippen molar-refractivity contribution >= 4 is 23.5 Å². The van der Waals surface area contributed by atoms with E-state index in [9.17, 15) is 13.6 Å². The summed E-state index contributed by atoms with van der Waals surface area (Å²) in [6.45, 7) is -3.02. The Kier molecular flexibility index (Phi) is 5.65. The molecule has 1 aromatic heterocycles. The van der Waals surface area contributed by atoms with Crippen LogP contribution in [0.3, 0.4) is 0 Å². The molecule has 0 saturated carbocycles. The third-order valence-corrected chi connectivity index (χ3v) is 3.11. The lowest BCUT2D eigenvalue weighted by Crippen LogP contribution is -2.04. The maximum Gasteiger partial charge on any atom is 0.387 e. The van der Waals surface area contributed by atoms with Crippen LogP contribution < -0.4 is 9.47 Å². The van der Waals surface area contributed by atoms with Gasteiger partial charge in [-0.2, -0.15) is 8.78 Å². The van der Waals surface area contributed by atoms with E-state index >= 15 is 0 Å². The molecule has 23 heavy (non-hydrogen) atoms. The summed E-state index contributed by atoms with van der Waals surface area (Å²) in [6, 6.07) is 6.12. The highest BCUT2D eigenvalue weighted by Gasteiger charge is 2.15. The molecule has 4 nitrogen and oxygen atoms in total. The Morgan fingerprint density at radius 3 is 2.78 bits per heavy atom. The van der Waals surface area contributed by atoms with Crippen molar-refractivity contribution in [1.29, 1.82) is 0 Å². The number of carbonyl (C=O) groups is 1. The lowest BCUT2D eigenvalue weighted by atomic mass is 10.1. The zero-order valence-corrected chi connectivity index (χ0v) is 12.8. The smallest absolute Gasteiger partial charge is 0.387 e. The van der Waals surface area contributed by atoms with Crippen LogP contribution in [-0.4, -0.2) is 24.5 Å². The van der Waals surface area contributed by atoms with Crippen molar-refractivity contribution < 1.29 is 23.0 Å². The van der Waals surface area contributed by atoms with Crippen LogP contribution in [0.25, 0.3) is 6.08 Å². The van der Waals surface area contributed by atoms with E-state index in [2.05, 4.69) is 9.72 Å². The largest absolute Gasteiger partial charge is 0.493 e. The number of halogens is 3. The van der Waals surface area contributed by atoms with Gasteiger partial charge in [-0.05, 0) is 35.9 Å². The molecule has 1 heterocycles. The molecule has 0 atom stereocenters. The molecule has 1 aromatic carbocycles. The van der Waals surface area contributed by atoms with Gasteiger partial charge in [0, 0.05) is 18.0 Å². The van der Waals surface area contributed by atoms with E-state index in [-0.39, 0.29) is 22.3 Å². The molecule has 0 spiro atoms. The van der Waals surface area contributed by atoms with Crippen LogP contribution >= 0.6 is 11.6 Å². The Balaban J connectivity index is 2.25. The van der Waals surface area contributed by atoms with Crippen molar-refractivity contribution in [2.45, 2.75) is 6.61 Å². The van der Waals surface area contributed by atoms with Crippen molar-refractivity contribution in [2.24, 2.45) is 0 Å². The molecular weight excluding hydrogens is 328 g/mol. The highest BCUT2D eigenvalue weighted by atomic mass is 35.5. The van der Waals surface area contributed by atoms with Gasteiger partial charge in [0.05, 0.1) is 12.1 Å². The van der Waals surface area contributed by atoms with Crippen molar-refractivity contribution in [2.75, 3.05) is 7.11 Å². The molecule has 7 heteroatoms. The Labute approximate surface area is 136 Å². The van der Waals surface area contributed by atoms with Gasteiger partial charge in [-0.3, -0.25) is 9.78 Å². The van der Waals surface area contributed by atoms with E-state index in [4.69, 9.17) is 16.3 Å². The first-order valence-corrected chi connectivity index (χ1v) is 6.84. The maximum atomic E-state index is 12.4. The lowest BCUT2D eigenvalue weighted by molar-refractivity contribution is -0.0511. The number of ether oxygens (including phenoxy) is 2. The number of rotatable bonds is 6. The van der Waals surface area contributed by atoms with Crippen LogP contribution in [0.15, 0.2) is 42.7 Å². The van der Waals surface area contributed by atoms with Crippen molar-refractivity contribution in [3.63, 3.8) is 0 Å². The van der Waals surface area contributed by atoms with Gasteiger partial charge in [0.15, 0.2) is 17.3 Å². The van der Waals surface area contributed by atoms with E-state index in [1.165, 1.54) is 37.6 Å². The van der Waals surface area contributed by atoms with Gasteiger partial charge in [0.1, 0.15) is 0 Å². The molecule has 0 amide bonds. The fraction of sp³-hybridized carbons (Fsp3) is 0.125. The summed E-state index contributed by atoms with van der Waals surface area (Å²) >= 11 is 5.92. The molecule has 120 valence electrons. The second kappa shape index (κ2) is 7.69. The minimum absolute atomic E-state index is 0.0434. The summed E-state index contributed by atoms with van der Waals surface area (Å²) in [5, 5.41) is -0.0434. The SMILES string of the molecule is COc1cc(C=CC(=O)c2cccnc2)cc(Cl)c1OC(F)F. The number of carbonyl (C=O) groups excluding carboxylic acids is 1. The third kappa shape index (κ3) is 4.50. The summed E-state index contributed by atoms with van der Waals surface area (Å²) in [5.74, 6) is -0.452. The maximum absolute atomic E-state index is 12.4. The Bertz CT molecular complexity index is 721. The average molecular weight is 340 g/mol. The summed E-state index contributed by atoms with van der Waals surface area (Å²) in [6.07, 6.45) is 5.83. The van der Waals surface area contributed by atoms with E-state index in [1.807, 2.05) is 0 Å². The number of allylic oxidation sites excluding steroid dienone is 1. The van der Waals surface area contributed by atoms with E-state index in [1.54, 1.807) is 18.3 Å². The van der Waals surface area contributed by atoms with Crippen LogP contribution in [0, 0.1) is 0 Å². The number of pyridine rings is 1. The first-order chi connectivity index (χ1) is 11.0. The first kappa shape index (κ1) is 16.9. The standard InChI is InChI=1S/C16H12ClF2NO3/c1-22-14-8-10(7-12(17)15(14)23-16(18)19)4-5-13(21)11-3-2-6-20-9-11/h2-9,16H,1H3. The van der Waals surface area contributed by atoms with Gasteiger partial charge in [-0.1, -0.05) is 17.7 Å². The quantitative estimate of drug-likeness (QED) is 0.583. The molecule has 0 aliphatic rings. The average Bonchev–Trinajstić information content (AvgIpc) is 2.55. The van der Waals surface area contributed by atoms with Crippen LogP contribution in [-0.2, 0) is 0 Å². The van der Waals surface area contributed by atoms with E-state index < -0.39 is 6.61 Å². The van der Waals surface area contributed by atoms with Gasteiger partial charge in [0.2, 0.25) is 0 Å². The zero-order valence-electron chi connectivity index (χ0n) is 12.0. The molecular formula is C16H12ClF2NO3. The molecule has 0 N–H and O–H groups in total. The number of hydrogen-bond acceptors (Lipinski definition) is 4. The molecule has 0 aliphatic heterocycles. The van der Waals surface area contributed by atoms with Crippen LogP contribution in [0.2, 0.25) is 5.02 Å². The lowest BCUT2D eigenvalue weighted by Gasteiger charge is -2.12. The zero-order chi connectivity index (χ0) is 16.8. The Morgan fingerprint density at radius 2 is 2.17 bits per heavy atom. The number of ketones is 1. The minimum atomic E-state index is -3.02. The van der Waals surface area contributed by atoms with E-state index in [0.29, 0.717) is 11.1 Å². The van der Waals surface area contributed by atoms with Gasteiger partial charge >= 0.3 is 6.61 Å². The summed E-state index contributed by atoms with van der Waals surface area (Å²) in [7, 11) is 1.30. The predicted molar refractivity (Wildman–Crippen MR) is 82.2 cm³/mol. The Morgan fingerprint density at radius 1 is 1.39 bits per heavy atom. The van der Waals surface area contributed by atoms with E-state index in [0.717, 1.165) is 0 Å². The van der Waals surface area contributed by atoms with Gasteiger partial charge in [-0.15, -0.1) is 0 Å². The molecule has 0 radical (unpaired) electrons. The number of alkyl halides is 2. The number of hydrogen-bond donors (Lipinski definition) is 0. The number of methoxy groups -OCH3 is 1. The minimum Gasteiger partial charge on any atom is -0.493 e. The van der Waals surface area contributed by atoms with Gasteiger partial charge in [0.25, 0.3) is 0 Å². The molecule has 0 aliphatic carbocycles. The monoisotopic (exact) mass is 339 g/mol. The number of nitrogens with zero attached hydrogens (tertiary/aromatic N) is 1. The molecule has 0 unspecified atom stereocenters. The second-order valence-corrected chi connectivity index (χ2v) is 4.76. The topological polar surface area (TPSA) is 48.4 Å². The molecule has 2 rings (SSSR count). The van der Waals surface area contributed by atoms with Crippen molar-refractivity contribution in [1.82, 2.24) is 4.98 Å². The Hall–Kier alpha value is -2.47. The molecule has 0 saturated heterocycles. The summed E-state index contributed by atoms with van der Waals surface area (Å²) in [4.78, 5) is 15.8. The molecule has 2 aromatic rings. The molecule has 0 bridgehead atoms. The van der Waals surface area contributed by atoms with Crippen molar-refractivity contribution in [3.8, 4) is 11.5 Å². The van der Waals surface area contributed by atoms with Gasteiger partial charge in [-0.25, -0.2) is 0 Å². The summed E-state index contributed by atoms with van der Waals surface area (Å²) < 4.78 is 34.0. The number of aromatic nitrogens is 1. The fourth-order valence-electron chi connectivity index (χ4n) is 1.82. The normalized spacial score (nSPS) is 11.0. The fourth-order valence-corrected chi connectivity index (χ4v) is 2.08. The highest BCUT2D eigenvalue weighted by Crippen LogP contribution is 2.37. The molecule has 0 fully saturated rings. The first-order valence-electron chi connectivity index (χ1n) is 6.46. The van der Waals surface area contributed by atoms with Crippen molar-refractivity contribution in [3.05, 3.63) is 58.9 Å². The second-order valence-electron chi connectivity index (χ2n) is 4.35. The van der Waals surface area contributed by atoms with Gasteiger partial charge < -0.3 is 9.47 Å². The van der Waals surface area contributed by atoms with Crippen LogP contribution in [0.4, 0.5) is 8.78 Å². The van der Waals surface area contributed by atoms with Crippen LogP contribution in [0.5, 0.6) is 11.5 Å². The highest BCUT2D eigenvalue weighted by molar-refractivity contribution is 6.32. The predicted octanol–water partition coefficient (Wildman–Crippen LogP) is 4.24. The summed E-state index contributed by atoms with van der Waals surface area (Å²) in [5.41, 5.74) is 0.935. The third-order valence-electron chi connectivity index (χ3n) is 2.83. The number of benzene rings is 1. The van der Waals surface area contributed by atoms with Crippen LogP contribution in [0.1, 0.15) is 15.9 Å².